The second kappa shape index (κ2) is 13.9. The first-order valence-electron chi connectivity index (χ1n) is 16.3. The summed E-state index contributed by atoms with van der Waals surface area (Å²) in [6, 6.07) is 37.2. The molecule has 1 aliphatic heterocycles. The van der Waals surface area contributed by atoms with Gasteiger partial charge < -0.3 is 18.8 Å². The summed E-state index contributed by atoms with van der Waals surface area (Å²) in [5.74, 6) is 0.519. The van der Waals surface area contributed by atoms with Gasteiger partial charge in [-0.3, -0.25) is 9.36 Å². The second-order valence-electron chi connectivity index (χ2n) is 11.6. The molecule has 9 heteroatoms. The van der Waals surface area contributed by atoms with Crippen LogP contribution in [0.2, 0.25) is 0 Å². The third kappa shape index (κ3) is 5.86. The van der Waals surface area contributed by atoms with Crippen molar-refractivity contribution in [3.05, 3.63) is 157 Å². The predicted molar refractivity (Wildman–Crippen MR) is 197 cm³/mol. The molecule has 0 aliphatic carbocycles. The molecule has 50 heavy (non-hydrogen) atoms. The standard InChI is InChI=1S/C41H35N3O5S/c1-5-49-40(46)36-26(2)42-41-44(38(36)32-22-21-31(47-3)25-34(32)48-4)39(45)35(50-41)24-29-23-33(27-15-9-6-10-16-27)43(30-19-13-8-14-20-30)37(29)28-17-11-7-12-18-28/h6-25,38H,5H2,1-4H3/b35-24-/t38-/m1/s1. The van der Waals surface area contributed by atoms with Gasteiger partial charge in [0, 0.05) is 22.9 Å². The van der Waals surface area contributed by atoms with Crippen molar-refractivity contribution in [1.29, 1.82) is 0 Å². The van der Waals surface area contributed by atoms with E-state index in [9.17, 15) is 9.59 Å². The minimum absolute atomic E-state index is 0.177. The zero-order chi connectivity index (χ0) is 34.8. The van der Waals surface area contributed by atoms with Crippen molar-refractivity contribution in [2.45, 2.75) is 19.9 Å². The first kappa shape index (κ1) is 32.6. The Bertz CT molecular complexity index is 2410. The zero-order valence-electron chi connectivity index (χ0n) is 28.1. The maximum absolute atomic E-state index is 14.7. The van der Waals surface area contributed by atoms with Gasteiger partial charge in [-0.1, -0.05) is 90.2 Å². The van der Waals surface area contributed by atoms with E-state index in [4.69, 9.17) is 19.2 Å². The van der Waals surface area contributed by atoms with Gasteiger partial charge >= 0.3 is 5.97 Å². The molecule has 4 aromatic carbocycles. The van der Waals surface area contributed by atoms with E-state index in [1.54, 1.807) is 44.8 Å². The first-order valence-corrected chi connectivity index (χ1v) is 17.1. The summed E-state index contributed by atoms with van der Waals surface area (Å²) in [4.78, 5) is 33.4. The number of para-hydroxylation sites is 1. The maximum atomic E-state index is 14.7. The molecule has 0 fully saturated rings. The third-order valence-corrected chi connectivity index (χ3v) is 9.68. The number of thiazole rings is 1. The lowest BCUT2D eigenvalue weighted by atomic mass is 9.95. The normalized spacial score (nSPS) is 14.2. The summed E-state index contributed by atoms with van der Waals surface area (Å²) in [6.45, 7) is 3.70. The molecule has 0 spiro atoms. The van der Waals surface area contributed by atoms with Gasteiger partial charge in [-0.25, -0.2) is 9.79 Å². The molecule has 1 aliphatic rings. The number of carbonyl (C=O) groups is 1. The van der Waals surface area contributed by atoms with Crippen molar-refractivity contribution in [2.24, 2.45) is 4.99 Å². The highest BCUT2D eigenvalue weighted by Gasteiger charge is 2.35. The number of carbonyl (C=O) groups excluding carboxylic acids is 1. The Labute approximate surface area is 293 Å². The highest BCUT2D eigenvalue weighted by atomic mass is 32.1. The van der Waals surface area contributed by atoms with Crippen molar-refractivity contribution in [3.63, 3.8) is 0 Å². The van der Waals surface area contributed by atoms with E-state index in [0.29, 0.717) is 32.1 Å². The quantitative estimate of drug-likeness (QED) is 0.155. The number of benzene rings is 4. The summed E-state index contributed by atoms with van der Waals surface area (Å²) in [6.07, 6.45) is 1.93. The van der Waals surface area contributed by atoms with Crippen LogP contribution in [0.4, 0.5) is 0 Å². The van der Waals surface area contributed by atoms with Crippen LogP contribution < -0.4 is 24.4 Å². The average molecular weight is 682 g/mol. The van der Waals surface area contributed by atoms with Crippen LogP contribution in [-0.4, -0.2) is 35.9 Å². The van der Waals surface area contributed by atoms with E-state index in [1.807, 2.05) is 66.7 Å². The highest BCUT2D eigenvalue weighted by Crippen LogP contribution is 2.39. The Balaban J connectivity index is 1.51. The van der Waals surface area contributed by atoms with E-state index in [-0.39, 0.29) is 17.7 Å². The molecule has 0 unspecified atom stereocenters. The molecule has 1 atom stereocenters. The van der Waals surface area contributed by atoms with Gasteiger partial charge in [0.2, 0.25) is 0 Å². The maximum Gasteiger partial charge on any atom is 0.338 e. The van der Waals surface area contributed by atoms with Gasteiger partial charge in [-0.05, 0) is 61.4 Å². The van der Waals surface area contributed by atoms with Crippen LogP contribution in [0.1, 0.15) is 31.0 Å². The average Bonchev–Trinajstić information content (AvgIpc) is 3.68. The summed E-state index contributed by atoms with van der Waals surface area (Å²) >= 11 is 1.29. The fourth-order valence-corrected chi connectivity index (χ4v) is 7.51. The summed E-state index contributed by atoms with van der Waals surface area (Å²) < 4.78 is 21.0. The molecule has 3 heterocycles. The van der Waals surface area contributed by atoms with Crippen molar-refractivity contribution >= 4 is 23.4 Å². The molecule has 6 aromatic rings. The van der Waals surface area contributed by atoms with Gasteiger partial charge in [0.25, 0.3) is 5.56 Å². The molecule has 0 bridgehead atoms. The molecule has 0 amide bonds. The predicted octanol–water partition coefficient (Wildman–Crippen LogP) is 6.94. The van der Waals surface area contributed by atoms with E-state index >= 15 is 0 Å². The fraction of sp³-hybridized carbons (Fsp3) is 0.146. The van der Waals surface area contributed by atoms with Crippen molar-refractivity contribution in [2.75, 3.05) is 20.8 Å². The highest BCUT2D eigenvalue weighted by molar-refractivity contribution is 7.07. The molecule has 0 saturated heterocycles. The Kier molecular flexibility index (Phi) is 9.06. The molecule has 250 valence electrons. The molecule has 0 N–H and O–H groups in total. The number of hydrogen-bond acceptors (Lipinski definition) is 7. The molecule has 0 radical (unpaired) electrons. The van der Waals surface area contributed by atoms with Crippen molar-refractivity contribution in [3.8, 4) is 39.7 Å². The van der Waals surface area contributed by atoms with Gasteiger partial charge in [-0.15, -0.1) is 0 Å². The van der Waals surface area contributed by atoms with Gasteiger partial charge in [0.05, 0.1) is 48.0 Å². The Morgan fingerprint density at radius 3 is 2.16 bits per heavy atom. The van der Waals surface area contributed by atoms with Gasteiger partial charge in [0.15, 0.2) is 4.80 Å². The van der Waals surface area contributed by atoms with Gasteiger partial charge in [-0.2, -0.15) is 0 Å². The van der Waals surface area contributed by atoms with Crippen LogP contribution in [0.15, 0.2) is 136 Å². The fourth-order valence-electron chi connectivity index (χ4n) is 6.47. The Morgan fingerprint density at radius 1 is 0.860 bits per heavy atom. The molecular weight excluding hydrogens is 647 g/mol. The number of esters is 1. The lowest BCUT2D eigenvalue weighted by molar-refractivity contribution is -0.139. The minimum Gasteiger partial charge on any atom is -0.497 e. The number of ether oxygens (including phenoxy) is 3. The largest absolute Gasteiger partial charge is 0.497 e. The Hall–Kier alpha value is -5.93. The summed E-state index contributed by atoms with van der Waals surface area (Å²) in [7, 11) is 3.12. The third-order valence-electron chi connectivity index (χ3n) is 8.70. The first-order chi connectivity index (χ1) is 24.4. The number of fused-ring (bicyclic) bond motifs is 1. The van der Waals surface area contributed by atoms with Crippen molar-refractivity contribution < 1.29 is 19.0 Å². The van der Waals surface area contributed by atoms with Crippen molar-refractivity contribution in [1.82, 2.24) is 9.13 Å². The second-order valence-corrected chi connectivity index (χ2v) is 12.7. The van der Waals surface area contributed by atoms with Crippen LogP contribution in [0.5, 0.6) is 11.5 Å². The van der Waals surface area contributed by atoms with Crippen LogP contribution in [0.25, 0.3) is 34.3 Å². The zero-order valence-corrected chi connectivity index (χ0v) is 28.9. The van der Waals surface area contributed by atoms with Crippen LogP contribution in [0, 0.1) is 0 Å². The summed E-state index contributed by atoms with van der Waals surface area (Å²) in [5, 5.41) is 0. The number of rotatable bonds is 9. The van der Waals surface area contributed by atoms with Crippen LogP contribution in [-0.2, 0) is 9.53 Å². The molecule has 2 aromatic heterocycles. The number of allylic oxidation sites excluding steroid dienone is 1. The number of nitrogens with zero attached hydrogens (tertiary/aromatic N) is 3. The summed E-state index contributed by atoms with van der Waals surface area (Å²) in [5.41, 5.74) is 6.91. The monoisotopic (exact) mass is 681 g/mol. The smallest absolute Gasteiger partial charge is 0.338 e. The Morgan fingerprint density at radius 2 is 1.52 bits per heavy atom. The number of aromatic nitrogens is 2. The van der Waals surface area contributed by atoms with E-state index in [2.05, 4.69) is 47.0 Å². The molecular formula is C41H35N3O5S. The number of methoxy groups -OCH3 is 2. The van der Waals surface area contributed by atoms with Gasteiger partial charge in [0.1, 0.15) is 17.5 Å². The van der Waals surface area contributed by atoms with E-state index < -0.39 is 12.0 Å². The lowest BCUT2D eigenvalue weighted by Gasteiger charge is -2.26. The van der Waals surface area contributed by atoms with Crippen LogP contribution >= 0.6 is 11.3 Å². The molecule has 8 nitrogen and oxygen atoms in total. The van der Waals surface area contributed by atoms with Crippen LogP contribution in [0.3, 0.4) is 0 Å². The van der Waals surface area contributed by atoms with E-state index in [1.165, 1.54) is 11.3 Å². The number of hydrogen-bond donors (Lipinski definition) is 0. The minimum atomic E-state index is -0.837. The molecule has 0 saturated carbocycles. The SMILES string of the molecule is CCOC(=O)C1=C(C)N=c2s/c(=C\c3cc(-c4ccccc4)n(-c4ccccc4)c3-c3ccccc3)c(=O)n2[C@@H]1c1ccc(OC)cc1OC. The molecule has 7 rings (SSSR count). The lowest BCUT2D eigenvalue weighted by Crippen LogP contribution is -2.40. The topological polar surface area (TPSA) is 84.1 Å². The van der Waals surface area contributed by atoms with E-state index in [0.717, 1.165) is 33.8 Å².